The van der Waals surface area contributed by atoms with E-state index in [1.807, 2.05) is 73.7 Å². The van der Waals surface area contributed by atoms with Gasteiger partial charge in [0.05, 0.1) is 10.7 Å². The Balaban J connectivity index is 1.48. The van der Waals surface area contributed by atoms with Gasteiger partial charge in [0.15, 0.2) is 0 Å². The van der Waals surface area contributed by atoms with Crippen LogP contribution in [0.25, 0.3) is 0 Å². The van der Waals surface area contributed by atoms with Gasteiger partial charge in [0.2, 0.25) is 11.8 Å². The fraction of sp³-hybridized carbons (Fsp3) is 0.160. The molecule has 0 radical (unpaired) electrons. The molecule has 0 spiro atoms. The van der Waals surface area contributed by atoms with Crippen LogP contribution < -0.4 is 15.5 Å². The number of aryl methyl sites for hydroxylation is 1. The minimum absolute atomic E-state index is 0.318. The Labute approximate surface area is 209 Å². The average Bonchev–Trinajstić information content (AvgIpc) is 2.80. The van der Waals surface area contributed by atoms with Crippen molar-refractivity contribution in [2.45, 2.75) is 26.4 Å². The number of nitrogens with one attached hydrogen (secondary N) is 2. The van der Waals surface area contributed by atoms with Crippen LogP contribution in [-0.2, 0) is 22.6 Å². The Morgan fingerprint density at radius 3 is 2.48 bits per heavy atom. The van der Waals surface area contributed by atoms with Gasteiger partial charge in [-0.3, -0.25) is 9.59 Å². The van der Waals surface area contributed by atoms with Gasteiger partial charge in [0.1, 0.15) is 18.8 Å². The second kappa shape index (κ2) is 12.3. The van der Waals surface area contributed by atoms with Gasteiger partial charge < -0.3 is 10.1 Å². The number of nitrogens with zero attached hydrogens (tertiary/aromatic N) is 1. The molecule has 170 valence electrons. The van der Waals surface area contributed by atoms with Crippen molar-refractivity contribution in [3.8, 4) is 5.75 Å². The summed E-state index contributed by atoms with van der Waals surface area (Å²) < 4.78 is 7.64. The van der Waals surface area contributed by atoms with Crippen LogP contribution in [0.15, 0.2) is 80.8 Å². The number of hydrazone groups is 1. The zero-order valence-electron chi connectivity index (χ0n) is 18.0. The Hall–Kier alpha value is -2.97. The van der Waals surface area contributed by atoms with Gasteiger partial charge >= 0.3 is 0 Å². The van der Waals surface area contributed by atoms with Crippen LogP contribution in [0.1, 0.15) is 30.0 Å². The molecule has 0 saturated heterocycles. The summed E-state index contributed by atoms with van der Waals surface area (Å²) in [7, 11) is 0. The standard InChI is InChI=1S/C25H23Br2N3O3/c1-2-19-5-3-4-6-22(19)29-24(31)14-25(32)30-28-15-18-9-12-23(21(27)13-18)33-16-17-7-10-20(26)11-8-17/h3-13,15H,2,14,16H2,1H3,(H,29,31)(H,30,32). The lowest BCUT2D eigenvalue weighted by Crippen LogP contribution is -2.25. The fourth-order valence-electron chi connectivity index (χ4n) is 2.97. The molecule has 0 aliphatic rings. The first-order valence-corrected chi connectivity index (χ1v) is 11.9. The monoisotopic (exact) mass is 571 g/mol. The third kappa shape index (κ3) is 7.83. The van der Waals surface area contributed by atoms with Gasteiger partial charge in [-0.25, -0.2) is 5.43 Å². The summed E-state index contributed by atoms with van der Waals surface area (Å²) in [5.41, 5.74) is 5.93. The van der Waals surface area contributed by atoms with Gasteiger partial charge in [0, 0.05) is 10.2 Å². The third-order valence-corrected chi connectivity index (χ3v) is 5.81. The van der Waals surface area contributed by atoms with Crippen LogP contribution in [0.3, 0.4) is 0 Å². The van der Waals surface area contributed by atoms with Crippen LogP contribution in [0.5, 0.6) is 5.75 Å². The zero-order chi connectivity index (χ0) is 23.6. The molecule has 0 aliphatic heterocycles. The molecule has 8 heteroatoms. The third-order valence-electron chi connectivity index (χ3n) is 4.66. The molecule has 3 aromatic carbocycles. The summed E-state index contributed by atoms with van der Waals surface area (Å²) in [6.07, 6.45) is 1.98. The number of carbonyl (C=O) groups is 2. The summed E-state index contributed by atoms with van der Waals surface area (Å²) in [6.45, 7) is 2.45. The van der Waals surface area contributed by atoms with Crippen molar-refractivity contribution in [3.05, 3.63) is 92.4 Å². The van der Waals surface area contributed by atoms with Crippen LogP contribution in [0.2, 0.25) is 0 Å². The van der Waals surface area contributed by atoms with Crippen molar-refractivity contribution in [1.82, 2.24) is 5.43 Å². The van der Waals surface area contributed by atoms with E-state index in [2.05, 4.69) is 47.7 Å². The molecular weight excluding hydrogens is 550 g/mol. The van der Waals surface area contributed by atoms with Gasteiger partial charge in [-0.15, -0.1) is 0 Å². The molecule has 33 heavy (non-hydrogen) atoms. The minimum atomic E-state index is -0.494. The Kier molecular flexibility index (Phi) is 9.21. The van der Waals surface area contributed by atoms with Crippen LogP contribution in [0.4, 0.5) is 5.69 Å². The number of carbonyl (C=O) groups excluding carboxylic acids is 2. The molecule has 3 aromatic rings. The first-order valence-electron chi connectivity index (χ1n) is 10.3. The lowest BCUT2D eigenvalue weighted by molar-refractivity contribution is -0.126. The number of amides is 2. The number of benzene rings is 3. The molecule has 2 N–H and O–H groups in total. The molecule has 0 atom stereocenters. The van der Waals surface area contributed by atoms with E-state index in [9.17, 15) is 9.59 Å². The van der Waals surface area contributed by atoms with Crippen LogP contribution in [0, 0.1) is 0 Å². The number of hydrogen-bond acceptors (Lipinski definition) is 4. The molecule has 3 rings (SSSR count). The van der Waals surface area contributed by atoms with Crippen molar-refractivity contribution in [1.29, 1.82) is 0 Å². The van der Waals surface area contributed by atoms with E-state index in [4.69, 9.17) is 4.74 Å². The summed E-state index contributed by atoms with van der Waals surface area (Å²) in [5.74, 6) is -0.187. The van der Waals surface area contributed by atoms with Crippen LogP contribution >= 0.6 is 31.9 Å². The Morgan fingerprint density at radius 1 is 1.00 bits per heavy atom. The van der Waals surface area contributed by atoms with Crippen molar-refractivity contribution in [2.75, 3.05) is 5.32 Å². The van der Waals surface area contributed by atoms with Crippen molar-refractivity contribution >= 4 is 55.6 Å². The van der Waals surface area contributed by atoms with E-state index in [0.717, 1.165) is 32.1 Å². The molecule has 0 heterocycles. The summed E-state index contributed by atoms with van der Waals surface area (Å²) >= 11 is 6.91. The van der Waals surface area contributed by atoms with Gasteiger partial charge in [-0.05, 0) is 75.4 Å². The fourth-order valence-corrected chi connectivity index (χ4v) is 3.74. The predicted octanol–water partition coefficient (Wildman–Crippen LogP) is 5.83. The van der Waals surface area contributed by atoms with Gasteiger partial charge in [0.25, 0.3) is 0 Å². The van der Waals surface area contributed by atoms with E-state index in [1.54, 1.807) is 0 Å². The van der Waals surface area contributed by atoms with E-state index in [-0.39, 0.29) is 6.42 Å². The molecule has 2 amide bonds. The smallest absolute Gasteiger partial charge is 0.249 e. The highest BCUT2D eigenvalue weighted by Gasteiger charge is 2.10. The highest BCUT2D eigenvalue weighted by Crippen LogP contribution is 2.26. The van der Waals surface area contributed by atoms with E-state index >= 15 is 0 Å². The predicted molar refractivity (Wildman–Crippen MR) is 137 cm³/mol. The SMILES string of the molecule is CCc1ccccc1NC(=O)CC(=O)NN=Cc1ccc(OCc2ccc(Br)cc2)c(Br)c1. The topological polar surface area (TPSA) is 79.8 Å². The molecule has 0 saturated carbocycles. The maximum absolute atomic E-state index is 12.1. The normalized spacial score (nSPS) is 10.8. The Bertz CT molecular complexity index is 1150. The van der Waals surface area contributed by atoms with E-state index in [1.165, 1.54) is 6.21 Å². The number of hydrogen-bond donors (Lipinski definition) is 2. The lowest BCUT2D eigenvalue weighted by Gasteiger charge is -2.09. The zero-order valence-corrected chi connectivity index (χ0v) is 21.1. The second-order valence-electron chi connectivity index (χ2n) is 7.13. The first kappa shape index (κ1) is 24.7. The van der Waals surface area contributed by atoms with E-state index < -0.39 is 11.8 Å². The minimum Gasteiger partial charge on any atom is -0.488 e. The largest absolute Gasteiger partial charge is 0.488 e. The van der Waals surface area contributed by atoms with Gasteiger partial charge in [-0.1, -0.05) is 53.2 Å². The molecular formula is C25H23Br2N3O3. The van der Waals surface area contributed by atoms with Crippen molar-refractivity contribution in [3.63, 3.8) is 0 Å². The quantitative estimate of drug-likeness (QED) is 0.192. The molecule has 0 unspecified atom stereocenters. The number of ether oxygens (including phenoxy) is 1. The first-order chi connectivity index (χ1) is 15.9. The average molecular weight is 573 g/mol. The van der Waals surface area contributed by atoms with E-state index in [0.29, 0.717) is 18.0 Å². The highest BCUT2D eigenvalue weighted by molar-refractivity contribution is 9.10. The van der Waals surface area contributed by atoms with Crippen LogP contribution in [-0.4, -0.2) is 18.0 Å². The van der Waals surface area contributed by atoms with Crippen molar-refractivity contribution in [2.24, 2.45) is 5.10 Å². The summed E-state index contributed by atoms with van der Waals surface area (Å²) in [5, 5.41) is 6.70. The highest BCUT2D eigenvalue weighted by atomic mass is 79.9. The molecule has 0 bridgehead atoms. The lowest BCUT2D eigenvalue weighted by atomic mass is 10.1. The molecule has 0 aliphatic carbocycles. The second-order valence-corrected chi connectivity index (χ2v) is 8.90. The molecule has 0 aromatic heterocycles. The number of rotatable bonds is 9. The molecule has 6 nitrogen and oxygen atoms in total. The number of halogens is 2. The maximum atomic E-state index is 12.1. The summed E-state index contributed by atoms with van der Waals surface area (Å²) in [4.78, 5) is 24.2. The summed E-state index contributed by atoms with van der Waals surface area (Å²) in [6, 6.07) is 20.9. The maximum Gasteiger partial charge on any atom is 0.249 e. The Morgan fingerprint density at radius 2 is 1.76 bits per heavy atom. The molecule has 0 fully saturated rings. The van der Waals surface area contributed by atoms with Gasteiger partial charge in [-0.2, -0.15) is 5.10 Å². The number of anilines is 1. The van der Waals surface area contributed by atoms with Crippen molar-refractivity contribution < 1.29 is 14.3 Å². The number of para-hydroxylation sites is 1.